The van der Waals surface area contributed by atoms with Crippen LogP contribution in [0.3, 0.4) is 0 Å². The molecule has 17 heteroatoms. The second-order valence-corrected chi connectivity index (χ2v) is 10.9. The number of imide groups is 1. The summed E-state index contributed by atoms with van der Waals surface area (Å²) in [5.74, 6) is -3.52. The molecule has 15 nitrogen and oxygen atoms in total. The molecule has 43 heavy (non-hydrogen) atoms. The van der Waals surface area contributed by atoms with Crippen molar-refractivity contribution in [3.05, 3.63) is 0 Å². The summed E-state index contributed by atoms with van der Waals surface area (Å²) in [5, 5.41) is -2.21. The lowest BCUT2D eigenvalue weighted by atomic mass is 9.72. The van der Waals surface area contributed by atoms with Gasteiger partial charge in [-0.15, -0.1) is 0 Å². The number of hydrogen-bond donors (Lipinski definition) is 0. The Hall–Kier alpha value is -3.17. The largest absolute Gasteiger partial charge is 0.534 e. The summed E-state index contributed by atoms with van der Waals surface area (Å²) in [4.78, 5) is 75.7. The fraction of sp³-hybridized carbons (Fsp3) is 0.769. The smallest absolute Gasteiger partial charge is 0.464 e. The molecule has 0 spiro atoms. The molecule has 0 unspecified atom stereocenters. The lowest BCUT2D eigenvalue weighted by Crippen LogP contribution is -2.42. The van der Waals surface area contributed by atoms with Crippen LogP contribution in [-0.2, 0) is 62.0 Å². The predicted molar refractivity (Wildman–Crippen MR) is 147 cm³/mol. The normalized spacial score (nSPS) is 13.9. The van der Waals surface area contributed by atoms with E-state index in [1.165, 1.54) is 34.6 Å². The Morgan fingerprint density at radius 2 is 0.977 bits per heavy atom. The number of amides is 2. The fourth-order valence-electron chi connectivity index (χ4n) is 2.83. The summed E-state index contributed by atoms with van der Waals surface area (Å²) >= 11 is 0. The van der Waals surface area contributed by atoms with Gasteiger partial charge in [0, 0.05) is 23.5 Å². The average molecular weight is 611 g/mol. The van der Waals surface area contributed by atoms with Gasteiger partial charge in [0.1, 0.15) is 31.8 Å². The van der Waals surface area contributed by atoms with E-state index in [1.807, 2.05) is 0 Å². The highest BCUT2D eigenvalue weighted by Gasteiger charge is 2.40. The molecule has 0 aromatic heterocycles. The number of carbonyl (C=O) groups is 6. The van der Waals surface area contributed by atoms with Crippen molar-refractivity contribution in [2.24, 2.45) is 5.41 Å². The van der Waals surface area contributed by atoms with Gasteiger partial charge in [0.05, 0.1) is 55.3 Å². The maximum Gasteiger partial charge on any atom is 0.534 e. The number of rotatable bonds is 20. The van der Waals surface area contributed by atoms with E-state index in [4.69, 9.17) is 48.9 Å². The Bertz CT molecular complexity index is 930. The molecule has 0 aliphatic carbocycles. The Kier molecular flexibility index (Phi) is 15.7. The van der Waals surface area contributed by atoms with Crippen LogP contribution in [0, 0.1) is 5.41 Å². The molecule has 1 heterocycles. The van der Waals surface area contributed by atoms with Crippen LogP contribution in [0.2, 0.25) is 10.6 Å². The van der Waals surface area contributed by atoms with Gasteiger partial charge in [0.25, 0.3) is 11.8 Å². The van der Waals surface area contributed by atoms with Crippen molar-refractivity contribution in [2.75, 3.05) is 66.1 Å². The average Bonchev–Trinajstić information content (AvgIpc) is 3.23. The third-order valence-corrected chi connectivity index (χ3v) is 5.41. The second-order valence-electron chi connectivity index (χ2n) is 10.9. The molecule has 1 aliphatic rings. The quantitative estimate of drug-likeness (QED) is 0.0615. The molecule has 0 saturated carbocycles. The number of esters is 3. The van der Waals surface area contributed by atoms with E-state index in [9.17, 15) is 28.8 Å². The lowest BCUT2D eigenvalue weighted by molar-refractivity contribution is -0.177. The summed E-state index contributed by atoms with van der Waals surface area (Å²) in [5.41, 5.74) is -1.53. The predicted octanol–water partition coefficient (Wildman–Crippen LogP) is 0.623. The van der Waals surface area contributed by atoms with Crippen molar-refractivity contribution in [1.29, 1.82) is 0 Å². The number of nitrogens with zero attached hydrogens (tertiary/aromatic N) is 1. The van der Waals surface area contributed by atoms with E-state index in [0.717, 1.165) is 0 Å². The van der Waals surface area contributed by atoms with E-state index in [-0.39, 0.29) is 65.7 Å². The summed E-state index contributed by atoms with van der Waals surface area (Å²) in [6.45, 7) is 6.88. The van der Waals surface area contributed by atoms with Crippen LogP contribution < -0.4 is 0 Å². The molecule has 4 radical (unpaired) electrons. The van der Waals surface area contributed by atoms with Crippen molar-refractivity contribution in [2.45, 2.75) is 58.1 Å². The Morgan fingerprint density at radius 1 is 0.605 bits per heavy atom. The molecule has 0 aromatic rings. The highest BCUT2D eigenvalue weighted by atomic mass is 16.8. The first-order valence-corrected chi connectivity index (χ1v) is 13.5. The van der Waals surface area contributed by atoms with Crippen molar-refractivity contribution in [3.63, 3.8) is 0 Å². The fourth-order valence-corrected chi connectivity index (χ4v) is 2.83. The molecule has 1 fully saturated rings. The summed E-state index contributed by atoms with van der Waals surface area (Å²) < 4.78 is 36.2. The number of hydroxylamine groups is 2. The third kappa shape index (κ3) is 14.7. The molecule has 0 bridgehead atoms. The van der Waals surface area contributed by atoms with Crippen LogP contribution in [0.1, 0.15) is 47.5 Å². The number of ether oxygens (including phenoxy) is 7. The Morgan fingerprint density at radius 3 is 1.37 bits per heavy atom. The lowest BCUT2D eigenvalue weighted by Gasteiger charge is -2.29. The molecule has 0 aromatic carbocycles. The van der Waals surface area contributed by atoms with Crippen LogP contribution in [0.15, 0.2) is 0 Å². The minimum atomic E-state index is -1.53. The Labute approximate surface area is 253 Å². The maximum atomic E-state index is 12.8. The zero-order chi connectivity index (χ0) is 32.7. The van der Waals surface area contributed by atoms with Gasteiger partial charge in [0.2, 0.25) is 0 Å². The summed E-state index contributed by atoms with van der Waals surface area (Å²) in [6, 6.07) is 0. The van der Waals surface area contributed by atoms with Gasteiger partial charge in [-0.05, 0) is 6.92 Å². The van der Waals surface area contributed by atoms with Gasteiger partial charge >= 0.3 is 24.1 Å². The van der Waals surface area contributed by atoms with Crippen LogP contribution in [0.4, 0.5) is 4.79 Å². The van der Waals surface area contributed by atoms with Crippen molar-refractivity contribution in [3.8, 4) is 0 Å². The van der Waals surface area contributed by atoms with E-state index < -0.39 is 65.1 Å². The van der Waals surface area contributed by atoms with E-state index in [2.05, 4.69) is 4.84 Å². The second kappa shape index (κ2) is 17.8. The molecular weight excluding hydrogens is 572 g/mol. The van der Waals surface area contributed by atoms with E-state index in [1.54, 1.807) is 0 Å². The van der Waals surface area contributed by atoms with Crippen LogP contribution >= 0.6 is 0 Å². The van der Waals surface area contributed by atoms with Crippen LogP contribution in [0.25, 0.3) is 0 Å². The zero-order valence-corrected chi connectivity index (χ0v) is 25.3. The van der Waals surface area contributed by atoms with Gasteiger partial charge in [-0.3, -0.25) is 28.8 Å². The van der Waals surface area contributed by atoms with Gasteiger partial charge in [0.15, 0.2) is 0 Å². The van der Waals surface area contributed by atoms with E-state index in [0.29, 0.717) is 5.06 Å². The minimum Gasteiger partial charge on any atom is -0.464 e. The number of carbonyl (C=O) groups excluding carboxylic acids is 6. The number of hydrogen-bond acceptors (Lipinski definition) is 14. The Balaban J connectivity index is 2.21. The van der Waals surface area contributed by atoms with Crippen molar-refractivity contribution in [1.82, 2.24) is 5.06 Å². The van der Waals surface area contributed by atoms with Crippen LogP contribution in [-0.4, -0.2) is 123 Å². The van der Waals surface area contributed by atoms with Crippen molar-refractivity contribution < 1.29 is 66.8 Å². The minimum absolute atomic E-state index is 0.0173. The highest BCUT2D eigenvalue weighted by Crippen LogP contribution is 2.27. The van der Waals surface area contributed by atoms with Gasteiger partial charge in [-0.2, -0.15) is 0 Å². The molecule has 0 N–H and O–H groups in total. The maximum absolute atomic E-state index is 12.8. The molecule has 1 saturated heterocycles. The topological polar surface area (TPSA) is 180 Å². The molecule has 2 amide bonds. The first kappa shape index (κ1) is 37.9. The molecular formula is C26H39B2NO14. The van der Waals surface area contributed by atoms with Gasteiger partial charge in [-0.25, -0.2) is 4.79 Å². The highest BCUT2D eigenvalue weighted by molar-refractivity contribution is 6.26. The molecule has 238 valence electrons. The molecule has 0 atom stereocenters. The van der Waals surface area contributed by atoms with Crippen LogP contribution in [0.5, 0.6) is 0 Å². The molecule has 1 aliphatic heterocycles. The summed E-state index contributed by atoms with van der Waals surface area (Å²) in [7, 11) is 11.4. The first-order valence-electron chi connectivity index (χ1n) is 13.5. The zero-order valence-electron chi connectivity index (χ0n) is 25.3. The van der Waals surface area contributed by atoms with Gasteiger partial charge in [-0.1, -0.05) is 32.8 Å². The summed E-state index contributed by atoms with van der Waals surface area (Å²) in [6.07, 6.45) is -1.22. The van der Waals surface area contributed by atoms with Gasteiger partial charge < -0.3 is 33.2 Å². The first-order chi connectivity index (χ1) is 20.0. The SMILES string of the molecule is [B]C(C)(C)C(=O)OCC(C)(COC(=O)C([B])(C)C)C(=O)OCCOCCOCCOCCOC(=O)ON1C(=O)CCC1=O. The van der Waals surface area contributed by atoms with Crippen molar-refractivity contribution >= 4 is 51.6 Å². The molecule has 1 rings (SSSR count). The monoisotopic (exact) mass is 611 g/mol. The standard InChI is InChI=1S/C26H39B2NO14/c1-24(2,27)20(32)41-16-26(5,17-42-21(33)25(3,4)28)22(34)39-14-12-37-10-8-36-9-11-38-13-15-40-23(35)43-29-18(30)6-7-19(29)31/h6-17H2,1-5H3. The third-order valence-electron chi connectivity index (χ3n) is 5.41. The van der Waals surface area contributed by atoms with E-state index >= 15 is 0 Å².